The topological polar surface area (TPSA) is 168 Å². The maximum atomic E-state index is 14.5. The average molecular weight is 692 g/mol. The fourth-order valence-electron chi connectivity index (χ4n) is 3.89. The van der Waals surface area contributed by atoms with Gasteiger partial charge >= 0.3 is 23.9 Å². The van der Waals surface area contributed by atoms with E-state index in [1.165, 1.54) is 13.8 Å². The quantitative estimate of drug-likeness (QED) is 0.0293. The number of hydrogen-bond donors (Lipinski definition) is 0. The SMILES string of the molecule is CCOC(OCC)=C(C(=O)OC(OCC)(OCC)C(OCC)(OCC)OP(=O)([O-])OCC[N+](C)(C)C)C(OCC)(OCC)OCC. The normalized spacial score (nSPS) is 14.1. The molecule has 0 bridgehead atoms. The second-order valence-electron chi connectivity index (χ2n) is 10.0. The summed E-state index contributed by atoms with van der Waals surface area (Å²) < 4.78 is 82.7. The lowest BCUT2D eigenvalue weighted by atomic mass is 10.2. The van der Waals surface area contributed by atoms with Crippen molar-refractivity contribution in [1.29, 1.82) is 0 Å². The van der Waals surface area contributed by atoms with Crippen LogP contribution in [0.15, 0.2) is 11.5 Å². The van der Waals surface area contributed by atoms with Crippen LogP contribution in [0.25, 0.3) is 0 Å². The van der Waals surface area contributed by atoms with Crippen LogP contribution in [0.5, 0.6) is 0 Å². The Labute approximate surface area is 274 Å². The Balaban J connectivity index is 7.59. The van der Waals surface area contributed by atoms with Crippen LogP contribution in [-0.2, 0) is 65.8 Å². The van der Waals surface area contributed by atoms with Gasteiger partial charge in [-0.15, -0.1) is 0 Å². The molecule has 0 aromatic carbocycles. The van der Waals surface area contributed by atoms with Gasteiger partial charge in [-0.1, -0.05) is 0 Å². The summed E-state index contributed by atoms with van der Waals surface area (Å²) in [6.45, 7) is 13.9. The van der Waals surface area contributed by atoms with Gasteiger partial charge in [-0.2, -0.15) is 0 Å². The van der Waals surface area contributed by atoms with E-state index in [1.54, 1.807) is 48.5 Å². The average Bonchev–Trinajstić information content (AvgIpc) is 2.93. The zero-order chi connectivity index (χ0) is 35.5. The number of likely N-dealkylation sites (N-methyl/N-ethyl adjacent to an activating group) is 1. The lowest BCUT2D eigenvalue weighted by molar-refractivity contribution is -0.870. The van der Waals surface area contributed by atoms with Crippen molar-refractivity contribution in [1.82, 2.24) is 0 Å². The molecule has 1 atom stereocenters. The Morgan fingerprint density at radius 3 is 1.37 bits per heavy atom. The van der Waals surface area contributed by atoms with Gasteiger partial charge in [0.05, 0.1) is 60.8 Å². The van der Waals surface area contributed by atoms with Crippen molar-refractivity contribution >= 4 is 13.8 Å². The first-order valence-electron chi connectivity index (χ1n) is 15.8. The molecule has 0 aliphatic carbocycles. The van der Waals surface area contributed by atoms with Crippen LogP contribution in [0.2, 0.25) is 0 Å². The molecule has 0 spiro atoms. The third-order valence-electron chi connectivity index (χ3n) is 5.45. The third-order valence-corrected chi connectivity index (χ3v) is 6.41. The van der Waals surface area contributed by atoms with Crippen LogP contribution in [0.4, 0.5) is 0 Å². The van der Waals surface area contributed by atoms with Gasteiger partial charge < -0.3 is 61.3 Å². The van der Waals surface area contributed by atoms with Crippen molar-refractivity contribution in [3.8, 4) is 0 Å². The molecule has 274 valence electrons. The summed E-state index contributed by atoms with van der Waals surface area (Å²) in [6.07, 6.45) is 0. The highest BCUT2D eigenvalue weighted by molar-refractivity contribution is 7.45. The fraction of sp³-hybridized carbons (Fsp3) is 0.897. The van der Waals surface area contributed by atoms with Crippen LogP contribution in [-0.4, -0.2) is 122 Å². The summed E-state index contributed by atoms with van der Waals surface area (Å²) in [5.41, 5.74) is -0.503. The summed E-state index contributed by atoms with van der Waals surface area (Å²) in [6, 6.07) is 0. The zero-order valence-electron chi connectivity index (χ0n) is 29.8. The Bertz CT molecular complexity index is 903. The number of carbonyl (C=O) groups is 1. The number of carbonyl (C=O) groups excluding carboxylic acids is 1. The second-order valence-corrected chi connectivity index (χ2v) is 11.3. The summed E-state index contributed by atoms with van der Waals surface area (Å²) in [7, 11) is 0.299. The number of nitrogens with zero attached hydrogens (tertiary/aromatic N) is 1. The number of rotatable bonds is 28. The van der Waals surface area contributed by atoms with Crippen molar-refractivity contribution < 1.29 is 75.2 Å². The van der Waals surface area contributed by atoms with Gasteiger partial charge in [0.15, 0.2) is 0 Å². The maximum Gasteiger partial charge on any atom is 0.417 e. The summed E-state index contributed by atoms with van der Waals surface area (Å²) in [4.78, 5) is 27.8. The molecule has 0 aliphatic rings. The van der Waals surface area contributed by atoms with Gasteiger partial charge in [-0.25, -0.2) is 4.79 Å². The van der Waals surface area contributed by atoms with Gasteiger partial charge in [0.1, 0.15) is 13.2 Å². The highest BCUT2D eigenvalue weighted by Gasteiger charge is 2.66. The third kappa shape index (κ3) is 13.2. The predicted molar refractivity (Wildman–Crippen MR) is 163 cm³/mol. The lowest BCUT2D eigenvalue weighted by Gasteiger charge is -2.46. The minimum atomic E-state index is -5.27. The van der Waals surface area contributed by atoms with E-state index in [-0.39, 0.29) is 72.0 Å². The molecule has 0 saturated heterocycles. The highest BCUT2D eigenvalue weighted by Crippen LogP contribution is 2.50. The number of hydrogen-bond acceptors (Lipinski definition) is 15. The molecule has 16 nitrogen and oxygen atoms in total. The van der Waals surface area contributed by atoms with Crippen LogP contribution in [0.3, 0.4) is 0 Å². The van der Waals surface area contributed by atoms with Crippen LogP contribution in [0.1, 0.15) is 62.3 Å². The number of ether oxygens (including phenoxy) is 10. The van der Waals surface area contributed by atoms with E-state index >= 15 is 0 Å². The van der Waals surface area contributed by atoms with E-state index in [0.29, 0.717) is 11.0 Å². The number of quaternary nitrogens is 1. The number of esters is 1. The molecule has 1 unspecified atom stereocenters. The van der Waals surface area contributed by atoms with Crippen LogP contribution < -0.4 is 4.89 Å². The minimum absolute atomic E-state index is 0.0132. The van der Waals surface area contributed by atoms with Crippen molar-refractivity contribution in [2.45, 2.75) is 80.2 Å². The van der Waals surface area contributed by atoms with Crippen molar-refractivity contribution in [2.75, 3.05) is 93.8 Å². The van der Waals surface area contributed by atoms with Crippen LogP contribution >= 0.6 is 7.82 Å². The molecule has 17 heteroatoms. The van der Waals surface area contributed by atoms with Gasteiger partial charge in [-0.3, -0.25) is 9.09 Å². The van der Waals surface area contributed by atoms with Crippen LogP contribution in [0, 0.1) is 0 Å². The fourth-order valence-corrected chi connectivity index (χ4v) is 4.76. The Morgan fingerprint density at radius 1 is 0.630 bits per heavy atom. The zero-order valence-corrected chi connectivity index (χ0v) is 30.7. The molecule has 0 heterocycles. The maximum absolute atomic E-state index is 14.5. The molecule has 0 radical (unpaired) electrons. The molecule has 0 rings (SSSR count). The van der Waals surface area contributed by atoms with Crippen molar-refractivity contribution in [2.24, 2.45) is 0 Å². The summed E-state index contributed by atoms with van der Waals surface area (Å²) in [5.74, 6) is -9.55. The van der Waals surface area contributed by atoms with E-state index in [0.717, 1.165) is 0 Å². The Morgan fingerprint density at radius 2 is 1.02 bits per heavy atom. The summed E-state index contributed by atoms with van der Waals surface area (Å²) in [5, 5.41) is 0. The Kier molecular flexibility index (Phi) is 20.9. The smallest absolute Gasteiger partial charge is 0.417 e. The minimum Gasteiger partial charge on any atom is -0.756 e. The highest BCUT2D eigenvalue weighted by atomic mass is 31.2. The molecule has 0 N–H and O–H groups in total. The van der Waals surface area contributed by atoms with E-state index < -0.39 is 37.3 Å². The molecule has 0 aromatic heterocycles. The largest absolute Gasteiger partial charge is 0.756 e. The molecule has 0 fully saturated rings. The van der Waals surface area contributed by atoms with Gasteiger partial charge in [0.2, 0.25) is 5.57 Å². The van der Waals surface area contributed by atoms with E-state index in [1.807, 2.05) is 21.1 Å². The molecular formula is C29H58NO15P. The lowest BCUT2D eigenvalue weighted by Crippen LogP contribution is -2.65. The first-order chi connectivity index (χ1) is 21.6. The van der Waals surface area contributed by atoms with E-state index in [2.05, 4.69) is 0 Å². The summed E-state index contributed by atoms with van der Waals surface area (Å²) >= 11 is 0. The first kappa shape index (κ1) is 44.6. The molecule has 0 amide bonds. The van der Waals surface area contributed by atoms with E-state index in [4.69, 9.17) is 56.4 Å². The van der Waals surface area contributed by atoms with Gasteiger partial charge in [0.25, 0.3) is 13.8 Å². The first-order valence-corrected chi connectivity index (χ1v) is 17.3. The van der Waals surface area contributed by atoms with Gasteiger partial charge in [-0.05, 0) is 62.3 Å². The monoisotopic (exact) mass is 691 g/mol. The number of phosphoric ester groups is 1. The number of phosphoric acid groups is 1. The second kappa shape index (κ2) is 21.5. The van der Waals surface area contributed by atoms with Crippen molar-refractivity contribution in [3.05, 3.63) is 11.5 Å². The molecule has 46 heavy (non-hydrogen) atoms. The van der Waals surface area contributed by atoms with E-state index in [9.17, 15) is 14.3 Å². The Hall–Kier alpha value is -1.40. The molecule has 0 aromatic rings. The standard InChI is InChI=1S/C29H58NO15P/c1-13-34-26(35-14-2)24(27(36-15-3,37-16-4)38-17-5)25(31)44-28(39-18-6,40-19-7)29(41-20-8,42-21-9)45-46(32,33)43-23-22-30(10,11)12/h13-23H2,1-12H3. The predicted octanol–water partition coefficient (Wildman–Crippen LogP) is 3.24. The molecule has 0 aliphatic heterocycles. The molecule has 0 saturated carbocycles. The van der Waals surface area contributed by atoms with Gasteiger partial charge in [0, 0.05) is 19.8 Å². The molecular weight excluding hydrogens is 633 g/mol. The van der Waals surface area contributed by atoms with Crippen molar-refractivity contribution in [3.63, 3.8) is 0 Å².